The molecule has 2 atom stereocenters. The molecule has 0 radical (unpaired) electrons. The van der Waals surface area contributed by atoms with Crippen molar-refractivity contribution in [2.45, 2.75) is 53.6 Å². The number of hydrogen-bond donors (Lipinski definition) is 1. The number of nitrogens with two attached hydrogens (primary N) is 1. The maximum Gasteiger partial charge on any atom is 0.125 e. The van der Waals surface area contributed by atoms with Gasteiger partial charge in [-0.1, -0.05) is 27.7 Å². The number of aryl methyl sites for hydroxylation is 1. The Morgan fingerprint density at radius 1 is 1.44 bits per heavy atom. The van der Waals surface area contributed by atoms with Crippen molar-refractivity contribution >= 4 is 0 Å². The Balaban J connectivity index is 2.69. The molecule has 0 saturated heterocycles. The SMILES string of the molecule is CCn1ccnc1C(N)CC(C)C(C)(C)C. The van der Waals surface area contributed by atoms with Crippen molar-refractivity contribution in [3.05, 3.63) is 18.2 Å². The molecule has 0 aliphatic carbocycles. The summed E-state index contributed by atoms with van der Waals surface area (Å²) in [6.45, 7) is 12.1. The Hall–Kier alpha value is -0.830. The van der Waals surface area contributed by atoms with Gasteiger partial charge in [-0.05, 0) is 24.7 Å². The standard InChI is InChI=1S/C13H25N3/c1-6-16-8-7-15-12(16)11(14)9-10(2)13(3,4)5/h7-8,10-11H,6,9,14H2,1-5H3. The van der Waals surface area contributed by atoms with E-state index in [-0.39, 0.29) is 6.04 Å². The summed E-state index contributed by atoms with van der Waals surface area (Å²) in [6.07, 6.45) is 4.82. The van der Waals surface area contributed by atoms with Crippen LogP contribution in [0.2, 0.25) is 0 Å². The molecular formula is C13H25N3. The van der Waals surface area contributed by atoms with Crippen LogP contribution in [-0.2, 0) is 6.54 Å². The lowest BCUT2D eigenvalue weighted by molar-refractivity contribution is 0.231. The van der Waals surface area contributed by atoms with Gasteiger partial charge in [-0.15, -0.1) is 0 Å². The Labute approximate surface area is 99.1 Å². The minimum absolute atomic E-state index is 0.0455. The van der Waals surface area contributed by atoms with Gasteiger partial charge >= 0.3 is 0 Å². The predicted molar refractivity (Wildman–Crippen MR) is 68.1 cm³/mol. The fourth-order valence-corrected chi connectivity index (χ4v) is 1.76. The molecule has 3 nitrogen and oxygen atoms in total. The normalized spacial score (nSPS) is 16.1. The first-order valence-corrected chi connectivity index (χ1v) is 6.12. The van der Waals surface area contributed by atoms with Gasteiger partial charge in [-0.3, -0.25) is 0 Å². The molecule has 3 heteroatoms. The van der Waals surface area contributed by atoms with Gasteiger partial charge in [0, 0.05) is 18.9 Å². The van der Waals surface area contributed by atoms with E-state index in [4.69, 9.17) is 5.73 Å². The second-order valence-corrected chi connectivity index (χ2v) is 5.68. The van der Waals surface area contributed by atoms with E-state index in [1.54, 1.807) is 0 Å². The fourth-order valence-electron chi connectivity index (χ4n) is 1.76. The molecular weight excluding hydrogens is 198 g/mol. The van der Waals surface area contributed by atoms with Crippen LogP contribution in [0.5, 0.6) is 0 Å². The fraction of sp³-hybridized carbons (Fsp3) is 0.769. The molecule has 1 aromatic rings. The third-order valence-corrected chi connectivity index (χ3v) is 3.51. The Kier molecular flexibility index (Phi) is 4.14. The molecule has 0 bridgehead atoms. The van der Waals surface area contributed by atoms with E-state index in [2.05, 4.69) is 44.2 Å². The van der Waals surface area contributed by atoms with E-state index in [9.17, 15) is 0 Å². The number of imidazole rings is 1. The molecule has 92 valence electrons. The van der Waals surface area contributed by atoms with Crippen LogP contribution in [-0.4, -0.2) is 9.55 Å². The summed E-state index contributed by atoms with van der Waals surface area (Å²) in [4.78, 5) is 4.36. The van der Waals surface area contributed by atoms with Crippen molar-refractivity contribution in [3.63, 3.8) is 0 Å². The van der Waals surface area contributed by atoms with E-state index < -0.39 is 0 Å². The first-order chi connectivity index (χ1) is 7.36. The summed E-state index contributed by atoms with van der Waals surface area (Å²) in [5, 5.41) is 0. The first kappa shape index (κ1) is 13.2. The molecule has 0 aromatic carbocycles. The molecule has 0 fully saturated rings. The van der Waals surface area contributed by atoms with Crippen molar-refractivity contribution in [2.75, 3.05) is 0 Å². The van der Waals surface area contributed by atoms with Gasteiger partial charge in [-0.2, -0.15) is 0 Å². The van der Waals surface area contributed by atoms with Crippen molar-refractivity contribution in [1.29, 1.82) is 0 Å². The highest BCUT2D eigenvalue weighted by Gasteiger charge is 2.24. The molecule has 16 heavy (non-hydrogen) atoms. The van der Waals surface area contributed by atoms with Crippen molar-refractivity contribution in [3.8, 4) is 0 Å². The van der Waals surface area contributed by atoms with E-state index in [0.29, 0.717) is 11.3 Å². The third-order valence-electron chi connectivity index (χ3n) is 3.51. The van der Waals surface area contributed by atoms with Crippen LogP contribution in [0.4, 0.5) is 0 Å². The van der Waals surface area contributed by atoms with Crippen LogP contribution in [0, 0.1) is 11.3 Å². The molecule has 2 N–H and O–H groups in total. The average molecular weight is 223 g/mol. The lowest BCUT2D eigenvalue weighted by atomic mass is 9.78. The molecule has 1 heterocycles. The minimum atomic E-state index is 0.0455. The monoisotopic (exact) mass is 223 g/mol. The van der Waals surface area contributed by atoms with Crippen LogP contribution in [0.3, 0.4) is 0 Å². The number of aromatic nitrogens is 2. The van der Waals surface area contributed by atoms with E-state index in [1.807, 2.05) is 12.4 Å². The van der Waals surface area contributed by atoms with E-state index >= 15 is 0 Å². The van der Waals surface area contributed by atoms with Crippen molar-refractivity contribution in [2.24, 2.45) is 17.1 Å². The Morgan fingerprint density at radius 3 is 2.56 bits per heavy atom. The summed E-state index contributed by atoms with van der Waals surface area (Å²) < 4.78 is 2.13. The highest BCUT2D eigenvalue weighted by atomic mass is 15.1. The quantitative estimate of drug-likeness (QED) is 0.852. The summed E-state index contributed by atoms with van der Waals surface area (Å²) >= 11 is 0. The van der Waals surface area contributed by atoms with Gasteiger partial charge in [-0.25, -0.2) is 4.98 Å². The lowest BCUT2D eigenvalue weighted by Crippen LogP contribution is -2.25. The Bertz CT molecular complexity index is 322. The number of nitrogens with zero attached hydrogens (tertiary/aromatic N) is 2. The predicted octanol–water partition coefficient (Wildman–Crippen LogP) is 2.98. The van der Waals surface area contributed by atoms with Crippen LogP contribution >= 0.6 is 0 Å². The van der Waals surface area contributed by atoms with Gasteiger partial charge in [0.15, 0.2) is 0 Å². The zero-order valence-electron chi connectivity index (χ0n) is 11.2. The molecule has 2 unspecified atom stereocenters. The molecule has 0 saturated carbocycles. The van der Waals surface area contributed by atoms with Crippen LogP contribution in [0.15, 0.2) is 12.4 Å². The minimum Gasteiger partial charge on any atom is -0.334 e. The lowest BCUT2D eigenvalue weighted by Gasteiger charge is -2.29. The average Bonchev–Trinajstić information content (AvgIpc) is 2.63. The smallest absolute Gasteiger partial charge is 0.125 e. The number of rotatable bonds is 4. The van der Waals surface area contributed by atoms with Gasteiger partial charge in [0.1, 0.15) is 5.82 Å². The van der Waals surface area contributed by atoms with Crippen molar-refractivity contribution in [1.82, 2.24) is 9.55 Å². The molecule has 0 spiro atoms. The van der Waals surface area contributed by atoms with Gasteiger partial charge in [0.2, 0.25) is 0 Å². The number of hydrogen-bond acceptors (Lipinski definition) is 2. The second kappa shape index (κ2) is 5.00. The summed E-state index contributed by atoms with van der Waals surface area (Å²) in [7, 11) is 0. The van der Waals surface area contributed by atoms with Gasteiger partial charge in [0.05, 0.1) is 6.04 Å². The third kappa shape index (κ3) is 3.08. The summed E-state index contributed by atoms with van der Waals surface area (Å²) in [5.41, 5.74) is 6.54. The Morgan fingerprint density at radius 2 is 2.06 bits per heavy atom. The summed E-state index contributed by atoms with van der Waals surface area (Å²) in [6, 6.07) is 0.0455. The van der Waals surface area contributed by atoms with Crippen LogP contribution < -0.4 is 5.73 Å². The maximum absolute atomic E-state index is 6.23. The largest absolute Gasteiger partial charge is 0.334 e. The molecule has 0 amide bonds. The van der Waals surface area contributed by atoms with Crippen LogP contribution in [0.25, 0.3) is 0 Å². The van der Waals surface area contributed by atoms with Gasteiger partial charge < -0.3 is 10.3 Å². The second-order valence-electron chi connectivity index (χ2n) is 5.68. The topological polar surface area (TPSA) is 43.8 Å². The van der Waals surface area contributed by atoms with Crippen molar-refractivity contribution < 1.29 is 0 Å². The zero-order chi connectivity index (χ0) is 12.3. The zero-order valence-corrected chi connectivity index (χ0v) is 11.2. The summed E-state index contributed by atoms with van der Waals surface area (Å²) in [5.74, 6) is 1.60. The van der Waals surface area contributed by atoms with E-state index in [0.717, 1.165) is 18.8 Å². The highest BCUT2D eigenvalue weighted by Crippen LogP contribution is 2.31. The molecule has 1 rings (SSSR count). The van der Waals surface area contributed by atoms with Crippen LogP contribution in [0.1, 0.15) is 52.9 Å². The highest BCUT2D eigenvalue weighted by molar-refractivity contribution is 4.99. The molecule has 0 aliphatic rings. The first-order valence-electron chi connectivity index (χ1n) is 6.12. The molecule has 1 aromatic heterocycles. The maximum atomic E-state index is 6.23. The molecule has 0 aliphatic heterocycles. The van der Waals surface area contributed by atoms with E-state index in [1.165, 1.54) is 0 Å². The van der Waals surface area contributed by atoms with Gasteiger partial charge in [0.25, 0.3) is 0 Å².